The number of guanidine groups is 1. The molecule has 0 bridgehead atoms. The van der Waals surface area contributed by atoms with Crippen LogP contribution in [0.1, 0.15) is 13.8 Å². The van der Waals surface area contributed by atoms with Gasteiger partial charge in [-0.15, -0.1) is 0 Å². The highest BCUT2D eigenvalue weighted by molar-refractivity contribution is 7.98. The second kappa shape index (κ2) is 4.50. The zero-order valence-corrected chi connectivity index (χ0v) is 9.34. The van der Waals surface area contributed by atoms with Crippen molar-refractivity contribution < 1.29 is 4.84 Å². The van der Waals surface area contributed by atoms with E-state index in [1.165, 1.54) is 11.9 Å². The smallest absolute Gasteiger partial charge is 0.232 e. The number of fused-ring (bicyclic) bond motifs is 1. The molecule has 80 valence electrons. The number of hydrogen-bond donors (Lipinski definition) is 2. The number of aromatic nitrogens is 1. The molecule has 0 atom stereocenters. The predicted molar refractivity (Wildman–Crippen MR) is 60.5 cm³/mol. The fourth-order valence-electron chi connectivity index (χ4n) is 1.02. The average molecular weight is 224 g/mol. The normalized spacial score (nSPS) is 14.2. The summed E-state index contributed by atoms with van der Waals surface area (Å²) in [5, 5.41) is 3.11. The van der Waals surface area contributed by atoms with Gasteiger partial charge in [-0.1, -0.05) is 0 Å². The number of hydroxylamine groups is 1. The second-order valence-electron chi connectivity index (χ2n) is 3.30. The van der Waals surface area contributed by atoms with Crippen LogP contribution >= 0.6 is 11.9 Å². The Morgan fingerprint density at radius 3 is 3.20 bits per heavy atom. The Hall–Kier alpha value is -1.27. The molecule has 0 saturated heterocycles. The molecule has 1 aromatic heterocycles. The van der Waals surface area contributed by atoms with Gasteiger partial charge in [0, 0.05) is 24.3 Å². The summed E-state index contributed by atoms with van der Waals surface area (Å²) in [6.45, 7) is 3.89. The summed E-state index contributed by atoms with van der Waals surface area (Å²) in [4.78, 5) is 10.2. The monoisotopic (exact) mass is 224 g/mol. The minimum Gasteiger partial charge on any atom is -0.323 e. The Labute approximate surface area is 92.4 Å². The van der Waals surface area contributed by atoms with Crippen molar-refractivity contribution >= 4 is 23.6 Å². The topological polar surface area (TPSA) is 58.5 Å². The van der Waals surface area contributed by atoms with E-state index in [9.17, 15) is 0 Å². The molecule has 2 N–H and O–H groups in total. The van der Waals surface area contributed by atoms with E-state index in [0.29, 0.717) is 5.96 Å². The lowest BCUT2D eigenvalue weighted by atomic mass is 10.4. The maximum absolute atomic E-state index is 5.22. The molecule has 0 aromatic carbocycles. The maximum atomic E-state index is 5.22. The van der Waals surface area contributed by atoms with Crippen LogP contribution < -0.4 is 10.8 Å². The highest BCUT2D eigenvalue weighted by Crippen LogP contribution is 2.29. The highest BCUT2D eigenvalue weighted by atomic mass is 32.2. The van der Waals surface area contributed by atoms with Crippen LogP contribution in [0.3, 0.4) is 0 Å². The van der Waals surface area contributed by atoms with Crippen molar-refractivity contribution in [2.45, 2.75) is 24.8 Å². The lowest BCUT2D eigenvalue weighted by Gasteiger charge is -2.18. The first-order valence-electron chi connectivity index (χ1n) is 4.63. The Balaban J connectivity index is 2.00. The van der Waals surface area contributed by atoms with Crippen LogP contribution in [-0.4, -0.2) is 17.0 Å². The van der Waals surface area contributed by atoms with Gasteiger partial charge >= 0.3 is 0 Å². The third-order valence-electron chi connectivity index (χ3n) is 1.66. The summed E-state index contributed by atoms with van der Waals surface area (Å²) in [5.74, 6) is 0.604. The molecule has 0 amide bonds. The molecular weight excluding hydrogens is 212 g/mol. The van der Waals surface area contributed by atoms with E-state index < -0.39 is 0 Å². The number of pyridine rings is 1. The number of hydrogen-bond acceptors (Lipinski definition) is 6. The van der Waals surface area contributed by atoms with E-state index in [1.807, 2.05) is 19.9 Å². The van der Waals surface area contributed by atoms with E-state index in [-0.39, 0.29) is 6.10 Å². The summed E-state index contributed by atoms with van der Waals surface area (Å²) >= 11 is 1.37. The lowest BCUT2D eigenvalue weighted by molar-refractivity contribution is 0.0333. The Kier molecular flexibility index (Phi) is 3.08. The fraction of sp³-hybridized carbons (Fsp3) is 0.333. The minimum absolute atomic E-state index is 0.110. The molecule has 1 aromatic rings. The molecule has 5 nitrogen and oxygen atoms in total. The molecule has 0 aliphatic carbocycles. The molecule has 0 radical (unpaired) electrons. The lowest BCUT2D eigenvalue weighted by Crippen LogP contribution is -2.33. The summed E-state index contributed by atoms with van der Waals surface area (Å²) < 4.78 is 4.19. The van der Waals surface area contributed by atoms with Gasteiger partial charge in [-0.3, -0.25) is 9.82 Å². The molecule has 0 fully saturated rings. The molecule has 0 unspecified atom stereocenters. The van der Waals surface area contributed by atoms with Crippen LogP contribution in [0, 0.1) is 0 Å². The second-order valence-corrected chi connectivity index (χ2v) is 4.10. The average Bonchev–Trinajstić information content (AvgIpc) is 2.26. The van der Waals surface area contributed by atoms with Gasteiger partial charge in [0.2, 0.25) is 5.96 Å². The van der Waals surface area contributed by atoms with Gasteiger partial charge in [-0.25, -0.2) is 5.48 Å². The molecule has 2 rings (SSSR count). The van der Waals surface area contributed by atoms with E-state index in [4.69, 9.17) is 4.84 Å². The van der Waals surface area contributed by atoms with Gasteiger partial charge in [-0.2, -0.15) is 4.40 Å². The highest BCUT2D eigenvalue weighted by Gasteiger charge is 2.12. The van der Waals surface area contributed by atoms with Gasteiger partial charge in [-0.05, 0) is 19.9 Å². The third-order valence-corrected chi connectivity index (χ3v) is 2.46. The Bertz CT molecular complexity index is 380. The Morgan fingerprint density at radius 2 is 2.40 bits per heavy atom. The summed E-state index contributed by atoms with van der Waals surface area (Å²) in [7, 11) is 0. The molecule has 0 spiro atoms. The largest absolute Gasteiger partial charge is 0.323 e. The summed E-state index contributed by atoms with van der Waals surface area (Å²) in [5.41, 5.74) is 3.75. The molecule has 1 aliphatic heterocycles. The molecule has 15 heavy (non-hydrogen) atoms. The number of anilines is 1. The fourth-order valence-corrected chi connectivity index (χ4v) is 1.62. The zero-order valence-electron chi connectivity index (χ0n) is 8.52. The summed E-state index contributed by atoms with van der Waals surface area (Å²) in [6, 6.07) is 1.90. The van der Waals surface area contributed by atoms with Crippen LogP contribution in [0.25, 0.3) is 0 Å². The van der Waals surface area contributed by atoms with Gasteiger partial charge in [0.15, 0.2) is 0 Å². The molecular formula is C9H12N4OS. The van der Waals surface area contributed by atoms with Crippen molar-refractivity contribution in [2.24, 2.45) is 4.40 Å². The van der Waals surface area contributed by atoms with Crippen molar-refractivity contribution in [2.75, 3.05) is 5.32 Å². The minimum atomic E-state index is 0.110. The Morgan fingerprint density at radius 1 is 1.53 bits per heavy atom. The van der Waals surface area contributed by atoms with Crippen LogP contribution in [0.2, 0.25) is 0 Å². The molecule has 2 heterocycles. The van der Waals surface area contributed by atoms with Crippen molar-refractivity contribution in [3.05, 3.63) is 18.5 Å². The number of nitrogens with one attached hydrogen (secondary N) is 2. The van der Waals surface area contributed by atoms with Crippen LogP contribution in [0.4, 0.5) is 5.69 Å². The van der Waals surface area contributed by atoms with Crippen molar-refractivity contribution in [1.29, 1.82) is 0 Å². The number of nitrogens with zero attached hydrogens (tertiary/aromatic N) is 2. The maximum Gasteiger partial charge on any atom is 0.232 e. The quantitative estimate of drug-likeness (QED) is 0.592. The van der Waals surface area contributed by atoms with E-state index >= 15 is 0 Å². The van der Waals surface area contributed by atoms with Crippen molar-refractivity contribution in [1.82, 2.24) is 10.5 Å². The zero-order chi connectivity index (χ0) is 10.7. The van der Waals surface area contributed by atoms with Gasteiger partial charge in [0.05, 0.1) is 16.7 Å². The summed E-state index contributed by atoms with van der Waals surface area (Å²) in [6.07, 6.45) is 3.62. The van der Waals surface area contributed by atoms with Gasteiger partial charge in [0.25, 0.3) is 0 Å². The van der Waals surface area contributed by atoms with Crippen molar-refractivity contribution in [3.63, 3.8) is 0 Å². The number of rotatable bonds is 2. The SMILES string of the molecule is CC(C)ONC1=NSc2cnccc2N1. The first-order valence-corrected chi connectivity index (χ1v) is 5.41. The first kappa shape index (κ1) is 10.3. The van der Waals surface area contributed by atoms with E-state index in [0.717, 1.165) is 10.6 Å². The van der Waals surface area contributed by atoms with Crippen LogP contribution in [0.5, 0.6) is 0 Å². The predicted octanol–water partition coefficient (Wildman–Crippen LogP) is 1.80. The van der Waals surface area contributed by atoms with Crippen molar-refractivity contribution in [3.8, 4) is 0 Å². The van der Waals surface area contributed by atoms with Crippen LogP contribution in [-0.2, 0) is 4.84 Å². The van der Waals surface area contributed by atoms with Gasteiger partial charge in [0.1, 0.15) is 0 Å². The first-order chi connectivity index (χ1) is 7.25. The van der Waals surface area contributed by atoms with E-state index in [1.54, 1.807) is 12.4 Å². The van der Waals surface area contributed by atoms with E-state index in [2.05, 4.69) is 20.2 Å². The standard InChI is InChI=1S/C9H12N4OS/c1-6(2)14-12-9-11-7-3-4-10-5-8(7)15-13-9/h3-6H,1-2H3,(H2,11,12,13). The molecule has 6 heteroatoms. The molecule has 1 aliphatic rings. The van der Waals surface area contributed by atoms with Gasteiger partial charge < -0.3 is 5.32 Å². The third kappa shape index (κ3) is 2.60. The van der Waals surface area contributed by atoms with Crippen LogP contribution in [0.15, 0.2) is 27.8 Å². The molecule has 0 saturated carbocycles.